The lowest BCUT2D eigenvalue weighted by atomic mass is 10.0. The average Bonchev–Trinajstić information content (AvgIpc) is 3.01. The van der Waals surface area contributed by atoms with Crippen molar-refractivity contribution in [3.63, 3.8) is 0 Å². The Bertz CT molecular complexity index is 1680. The number of aryl methyl sites for hydroxylation is 1. The van der Waals surface area contributed by atoms with Crippen LogP contribution in [0.3, 0.4) is 0 Å². The van der Waals surface area contributed by atoms with Gasteiger partial charge in [0.25, 0.3) is 10.0 Å². The van der Waals surface area contributed by atoms with Gasteiger partial charge in [-0.15, -0.1) is 0 Å². The molecular weight excluding hydrogens is 662 g/mol. The van der Waals surface area contributed by atoms with E-state index < -0.39 is 28.5 Å². The zero-order valence-electron chi connectivity index (χ0n) is 24.6. The summed E-state index contributed by atoms with van der Waals surface area (Å²) in [5.41, 5.74) is 2.71. The van der Waals surface area contributed by atoms with Crippen molar-refractivity contribution in [2.24, 2.45) is 0 Å². The van der Waals surface area contributed by atoms with E-state index in [0.717, 1.165) is 15.4 Å². The number of carbonyl (C=O) groups is 2. The van der Waals surface area contributed by atoms with E-state index in [9.17, 15) is 18.0 Å². The predicted octanol–water partition coefficient (Wildman–Crippen LogP) is 6.77. The highest BCUT2D eigenvalue weighted by molar-refractivity contribution is 9.10. The molecule has 1 N–H and O–H groups in total. The Morgan fingerprint density at radius 2 is 1.59 bits per heavy atom. The van der Waals surface area contributed by atoms with Gasteiger partial charge >= 0.3 is 0 Å². The van der Waals surface area contributed by atoms with Crippen molar-refractivity contribution in [2.75, 3.05) is 17.4 Å². The fourth-order valence-corrected chi connectivity index (χ4v) is 6.72. The fourth-order valence-electron chi connectivity index (χ4n) is 4.73. The highest BCUT2D eigenvalue weighted by atomic mass is 79.9. The average molecular weight is 697 g/mol. The van der Waals surface area contributed by atoms with E-state index in [2.05, 4.69) is 21.2 Å². The van der Waals surface area contributed by atoms with Gasteiger partial charge in [0.1, 0.15) is 12.6 Å². The summed E-state index contributed by atoms with van der Waals surface area (Å²) in [4.78, 5) is 29.6. The third-order valence-electron chi connectivity index (χ3n) is 7.10. The Hall–Kier alpha value is -3.66. The maximum Gasteiger partial charge on any atom is 0.264 e. The SMILES string of the molecule is CCCNC(=O)[C@@H](Cc1ccccc1)N(Cc1ccccc1Cl)C(=O)CN(c1cccc(Br)c1)S(=O)(=O)c1ccc(C)cc1. The molecule has 0 unspecified atom stereocenters. The van der Waals surface area contributed by atoms with Gasteiger partial charge < -0.3 is 10.2 Å². The topological polar surface area (TPSA) is 86.8 Å². The largest absolute Gasteiger partial charge is 0.354 e. The minimum absolute atomic E-state index is 0.00640. The molecule has 0 fully saturated rings. The summed E-state index contributed by atoms with van der Waals surface area (Å²) in [7, 11) is -4.18. The van der Waals surface area contributed by atoms with Crippen molar-refractivity contribution in [3.8, 4) is 0 Å². The number of benzene rings is 4. The summed E-state index contributed by atoms with van der Waals surface area (Å²) in [6, 6.07) is 28.9. The first-order valence-corrected chi connectivity index (χ1v) is 16.9. The van der Waals surface area contributed by atoms with Crippen LogP contribution in [0.5, 0.6) is 0 Å². The maximum absolute atomic E-state index is 14.5. The van der Waals surface area contributed by atoms with Gasteiger partial charge in [-0.2, -0.15) is 0 Å². The van der Waals surface area contributed by atoms with E-state index >= 15 is 0 Å². The molecule has 0 saturated carbocycles. The van der Waals surface area contributed by atoms with E-state index in [4.69, 9.17) is 11.6 Å². The molecule has 7 nitrogen and oxygen atoms in total. The Labute approximate surface area is 273 Å². The Morgan fingerprint density at radius 1 is 0.909 bits per heavy atom. The Balaban J connectivity index is 1.80. The van der Waals surface area contributed by atoms with Gasteiger partial charge in [0, 0.05) is 29.0 Å². The molecule has 4 aromatic carbocycles. The number of hydrogen-bond acceptors (Lipinski definition) is 4. The molecule has 0 heterocycles. The summed E-state index contributed by atoms with van der Waals surface area (Å²) in [6.45, 7) is 3.72. The van der Waals surface area contributed by atoms with Crippen LogP contribution in [0, 0.1) is 6.92 Å². The maximum atomic E-state index is 14.5. The second kappa shape index (κ2) is 15.4. The van der Waals surface area contributed by atoms with E-state index in [-0.39, 0.29) is 23.8 Å². The normalized spacial score (nSPS) is 11.9. The quantitative estimate of drug-likeness (QED) is 0.167. The second-order valence-electron chi connectivity index (χ2n) is 10.4. The monoisotopic (exact) mass is 695 g/mol. The van der Waals surface area contributed by atoms with Crippen LogP contribution in [0.2, 0.25) is 5.02 Å². The molecule has 4 aromatic rings. The predicted molar refractivity (Wildman–Crippen MR) is 179 cm³/mol. The van der Waals surface area contributed by atoms with E-state index in [0.29, 0.717) is 33.7 Å². The second-order valence-corrected chi connectivity index (χ2v) is 13.6. The van der Waals surface area contributed by atoms with Crippen LogP contribution in [-0.4, -0.2) is 44.3 Å². The van der Waals surface area contributed by atoms with Gasteiger partial charge in [-0.1, -0.05) is 107 Å². The lowest BCUT2D eigenvalue weighted by Crippen LogP contribution is -2.53. The van der Waals surface area contributed by atoms with Gasteiger partial charge in [0.2, 0.25) is 11.8 Å². The van der Waals surface area contributed by atoms with Gasteiger partial charge in [-0.3, -0.25) is 13.9 Å². The molecule has 1 atom stereocenters. The molecule has 230 valence electrons. The number of nitrogens with zero attached hydrogens (tertiary/aromatic N) is 2. The number of hydrogen-bond donors (Lipinski definition) is 1. The Morgan fingerprint density at radius 3 is 2.25 bits per heavy atom. The molecule has 0 aliphatic carbocycles. The van der Waals surface area contributed by atoms with Crippen LogP contribution in [0.25, 0.3) is 0 Å². The van der Waals surface area contributed by atoms with Gasteiger partial charge in [0.05, 0.1) is 10.6 Å². The number of amides is 2. The molecule has 0 aliphatic heterocycles. The molecule has 0 aromatic heterocycles. The molecule has 4 rings (SSSR count). The fraction of sp³-hybridized carbons (Fsp3) is 0.235. The summed E-state index contributed by atoms with van der Waals surface area (Å²) in [5, 5.41) is 3.38. The van der Waals surface area contributed by atoms with Gasteiger partial charge in [-0.05, 0) is 60.9 Å². The molecule has 0 spiro atoms. The van der Waals surface area contributed by atoms with Crippen LogP contribution in [0.15, 0.2) is 112 Å². The van der Waals surface area contributed by atoms with Crippen molar-refractivity contribution < 1.29 is 18.0 Å². The van der Waals surface area contributed by atoms with Crippen molar-refractivity contribution in [2.45, 2.75) is 44.2 Å². The lowest BCUT2D eigenvalue weighted by molar-refractivity contribution is -0.140. The highest BCUT2D eigenvalue weighted by Gasteiger charge is 2.34. The van der Waals surface area contributed by atoms with Gasteiger partial charge in [-0.25, -0.2) is 8.42 Å². The third-order valence-corrected chi connectivity index (χ3v) is 9.75. The number of sulfonamides is 1. The number of anilines is 1. The molecule has 10 heteroatoms. The number of halogens is 2. The minimum atomic E-state index is -4.18. The van der Waals surface area contributed by atoms with Crippen molar-refractivity contribution in [1.29, 1.82) is 0 Å². The number of rotatable bonds is 13. The van der Waals surface area contributed by atoms with Crippen molar-refractivity contribution in [3.05, 3.63) is 129 Å². The zero-order chi connectivity index (χ0) is 31.7. The van der Waals surface area contributed by atoms with Crippen LogP contribution < -0.4 is 9.62 Å². The molecule has 0 radical (unpaired) electrons. The molecular formula is C34H35BrClN3O4S. The van der Waals surface area contributed by atoms with Crippen LogP contribution in [0.1, 0.15) is 30.0 Å². The lowest BCUT2D eigenvalue weighted by Gasteiger charge is -2.34. The minimum Gasteiger partial charge on any atom is -0.354 e. The molecule has 44 heavy (non-hydrogen) atoms. The molecule has 0 aliphatic rings. The highest BCUT2D eigenvalue weighted by Crippen LogP contribution is 2.28. The number of nitrogens with one attached hydrogen (secondary N) is 1. The number of carbonyl (C=O) groups excluding carboxylic acids is 2. The van der Waals surface area contributed by atoms with E-state index in [1.165, 1.54) is 17.0 Å². The summed E-state index contributed by atoms with van der Waals surface area (Å²) < 4.78 is 29.9. The third kappa shape index (κ3) is 8.49. The van der Waals surface area contributed by atoms with Crippen LogP contribution >= 0.6 is 27.5 Å². The van der Waals surface area contributed by atoms with Crippen LogP contribution in [-0.2, 0) is 32.6 Å². The first-order valence-electron chi connectivity index (χ1n) is 14.3. The van der Waals surface area contributed by atoms with E-state index in [1.54, 1.807) is 54.6 Å². The molecule has 2 amide bonds. The Kier molecular flexibility index (Phi) is 11.6. The standard InChI is InChI=1S/C34H35BrClN3O4S/c1-3-20-37-34(41)32(21-26-10-5-4-6-11-26)38(23-27-12-7-8-15-31(27)36)33(40)24-39(29-14-9-13-28(35)22-29)44(42,43)30-18-16-25(2)17-19-30/h4-19,22,32H,3,20-21,23-24H2,1-2H3,(H,37,41)/t32-/m1/s1. The van der Waals surface area contributed by atoms with E-state index in [1.807, 2.05) is 50.2 Å². The molecule has 0 bridgehead atoms. The first-order chi connectivity index (χ1) is 21.1. The first kappa shape index (κ1) is 33.2. The summed E-state index contributed by atoms with van der Waals surface area (Å²) in [5.74, 6) is -0.875. The van der Waals surface area contributed by atoms with Gasteiger partial charge in [0.15, 0.2) is 0 Å². The van der Waals surface area contributed by atoms with Crippen LogP contribution in [0.4, 0.5) is 5.69 Å². The zero-order valence-corrected chi connectivity index (χ0v) is 27.8. The van der Waals surface area contributed by atoms with Crippen molar-refractivity contribution in [1.82, 2.24) is 10.2 Å². The summed E-state index contributed by atoms with van der Waals surface area (Å²) >= 11 is 9.96. The summed E-state index contributed by atoms with van der Waals surface area (Å²) in [6.07, 6.45) is 0.946. The molecule has 0 saturated heterocycles. The van der Waals surface area contributed by atoms with Crippen molar-refractivity contribution >= 4 is 55.1 Å². The smallest absolute Gasteiger partial charge is 0.264 e.